The highest BCUT2D eigenvalue weighted by atomic mass is 32.2. The third kappa shape index (κ3) is 6.44. The number of halogens is 3. The van der Waals surface area contributed by atoms with Crippen molar-refractivity contribution in [1.82, 2.24) is 9.97 Å². The molecule has 0 fully saturated rings. The van der Waals surface area contributed by atoms with Crippen molar-refractivity contribution in [3.8, 4) is 11.3 Å². The highest BCUT2D eigenvalue weighted by molar-refractivity contribution is 7.98. The Kier molecular flexibility index (Phi) is 8.10. The zero-order chi connectivity index (χ0) is 23.1. The van der Waals surface area contributed by atoms with Crippen LogP contribution < -0.4 is 10.3 Å². The molecule has 0 spiro atoms. The van der Waals surface area contributed by atoms with Gasteiger partial charge in [0.2, 0.25) is 20.4 Å². The molecule has 3 aromatic rings. The van der Waals surface area contributed by atoms with E-state index in [1.165, 1.54) is 35.2 Å². The molecule has 1 heterocycles. The molecule has 11 heteroatoms. The summed E-state index contributed by atoms with van der Waals surface area (Å²) < 4.78 is 38.9. The Morgan fingerprint density at radius 3 is 2.56 bits per heavy atom. The monoisotopic (exact) mass is 495 g/mol. The van der Waals surface area contributed by atoms with Crippen LogP contribution >= 0.6 is 23.1 Å². The first-order valence-corrected chi connectivity index (χ1v) is 13.8. The molecule has 5 nitrogen and oxygen atoms in total. The van der Waals surface area contributed by atoms with Crippen LogP contribution in [0, 0.1) is 0 Å². The van der Waals surface area contributed by atoms with E-state index < -0.39 is 26.6 Å². The number of anilines is 1. The van der Waals surface area contributed by atoms with Crippen molar-refractivity contribution in [3.05, 3.63) is 71.1 Å². The molecule has 168 valence electrons. The lowest BCUT2D eigenvalue weighted by Gasteiger charge is -2.16. The quantitative estimate of drug-likeness (QED) is 0.407. The van der Waals surface area contributed by atoms with E-state index in [-0.39, 0.29) is 11.1 Å². The number of amides is 2. The van der Waals surface area contributed by atoms with E-state index >= 15 is 0 Å². The van der Waals surface area contributed by atoms with Gasteiger partial charge in [0.1, 0.15) is 0 Å². The van der Waals surface area contributed by atoms with Gasteiger partial charge < -0.3 is 10.3 Å². The third-order valence-electron chi connectivity index (χ3n) is 4.49. The van der Waals surface area contributed by atoms with E-state index in [1.54, 1.807) is 0 Å². The lowest BCUT2D eigenvalue weighted by molar-refractivity contribution is -0.137. The first-order valence-electron chi connectivity index (χ1n) is 9.57. The summed E-state index contributed by atoms with van der Waals surface area (Å²) in [6.45, 7) is 0. The molecule has 1 atom stereocenters. The van der Waals surface area contributed by atoms with E-state index in [0.29, 0.717) is 16.9 Å². The Morgan fingerprint density at radius 1 is 1.12 bits per heavy atom. The molecule has 2 N–H and O–H groups in total. The average molecular weight is 496 g/mol. The summed E-state index contributed by atoms with van der Waals surface area (Å²) in [5, 5.41) is 4.99. The van der Waals surface area contributed by atoms with Crippen molar-refractivity contribution >= 4 is 48.6 Å². The summed E-state index contributed by atoms with van der Waals surface area (Å²) in [4.78, 5) is 32.6. The standard InChI is InChI=1S/C21H20F3N3O2S2Si/c1-30-10-11-32(27-18(28)15-8-5-9-16(12-15)21(22,23)24)20(29)26-19-25-17(13-31-19)14-6-3-2-4-7-14/h2-9,12-13,32H,10-11H2,1H3,(H,27,28)(H,25,26,29)/t32-/m0/s1. The largest absolute Gasteiger partial charge is 0.416 e. The van der Waals surface area contributed by atoms with E-state index in [9.17, 15) is 22.8 Å². The number of nitrogens with zero attached hydrogens (tertiary/aromatic N) is 1. The van der Waals surface area contributed by atoms with Crippen LogP contribution in [0.15, 0.2) is 60.0 Å². The molecule has 2 aromatic carbocycles. The fourth-order valence-corrected chi connectivity index (χ4v) is 6.89. The number of hydrogen-bond acceptors (Lipinski definition) is 5. The molecule has 2 amide bonds. The fraction of sp³-hybridized carbons (Fsp3) is 0.190. The van der Waals surface area contributed by atoms with Crippen LogP contribution in [-0.2, 0) is 6.18 Å². The molecule has 0 saturated carbocycles. The molecule has 0 aliphatic heterocycles. The highest BCUT2D eigenvalue weighted by Gasteiger charge is 2.31. The molecule has 1 aromatic heterocycles. The summed E-state index contributed by atoms with van der Waals surface area (Å²) >= 11 is 2.80. The molecular weight excluding hydrogens is 475 g/mol. The van der Waals surface area contributed by atoms with Crippen LogP contribution in [0.2, 0.25) is 6.04 Å². The van der Waals surface area contributed by atoms with Gasteiger partial charge in [0.15, 0.2) is 5.13 Å². The number of benzene rings is 2. The molecule has 0 radical (unpaired) electrons. The molecule has 3 rings (SSSR count). The Labute approximate surface area is 193 Å². The lowest BCUT2D eigenvalue weighted by Crippen LogP contribution is -2.47. The number of rotatable bonds is 8. The second kappa shape index (κ2) is 10.8. The van der Waals surface area contributed by atoms with E-state index in [1.807, 2.05) is 42.0 Å². The SMILES string of the molecule is CSCC[Si@H](NC(=O)c1cccc(C(F)(F)F)c1)C(=O)Nc1nc(-c2ccccc2)cs1. The van der Waals surface area contributed by atoms with Gasteiger partial charge in [-0.15, -0.1) is 11.3 Å². The van der Waals surface area contributed by atoms with E-state index in [0.717, 1.165) is 23.4 Å². The van der Waals surface area contributed by atoms with Crippen molar-refractivity contribution < 1.29 is 22.8 Å². The number of carbonyl (C=O) groups excluding carboxylic acids is 2. The first kappa shape index (κ1) is 24.0. The van der Waals surface area contributed by atoms with Crippen LogP contribution in [-0.4, -0.2) is 37.4 Å². The maximum absolute atomic E-state index is 13.0. The maximum atomic E-state index is 13.0. The van der Waals surface area contributed by atoms with Crippen molar-refractivity contribution in [2.45, 2.75) is 12.2 Å². The first-order chi connectivity index (χ1) is 15.3. The smallest absolute Gasteiger partial charge is 0.372 e. The van der Waals surface area contributed by atoms with Gasteiger partial charge in [0, 0.05) is 16.5 Å². The van der Waals surface area contributed by atoms with Gasteiger partial charge in [-0.3, -0.25) is 9.59 Å². The zero-order valence-electron chi connectivity index (χ0n) is 17.0. The fourth-order valence-electron chi connectivity index (χ4n) is 2.85. The number of thioether (sulfide) groups is 1. The second-order valence-corrected chi connectivity index (χ2v) is 11.1. The van der Waals surface area contributed by atoms with Gasteiger partial charge in [-0.1, -0.05) is 36.4 Å². The number of carbonyl (C=O) groups is 2. The average Bonchev–Trinajstić information content (AvgIpc) is 3.25. The molecule has 0 bridgehead atoms. The molecule has 0 saturated heterocycles. The number of aromatic nitrogens is 1. The van der Waals surface area contributed by atoms with Crippen molar-refractivity contribution in [3.63, 3.8) is 0 Å². The number of hydrogen-bond donors (Lipinski definition) is 2. The molecular formula is C21H20F3N3O2S2Si. The molecule has 0 aliphatic rings. The minimum Gasteiger partial charge on any atom is -0.372 e. The van der Waals surface area contributed by atoms with Gasteiger partial charge in [0.05, 0.1) is 11.3 Å². The zero-order valence-corrected chi connectivity index (χ0v) is 19.8. The van der Waals surface area contributed by atoms with Gasteiger partial charge >= 0.3 is 6.18 Å². The summed E-state index contributed by atoms with van der Waals surface area (Å²) in [7, 11) is -2.55. The van der Waals surface area contributed by atoms with Crippen molar-refractivity contribution in [2.75, 3.05) is 17.3 Å². The van der Waals surface area contributed by atoms with Crippen LogP contribution in [0.1, 0.15) is 15.9 Å². The minimum absolute atomic E-state index is 0.130. The third-order valence-corrected chi connectivity index (χ3v) is 8.56. The summed E-state index contributed by atoms with van der Waals surface area (Å²) in [6.07, 6.45) is -2.67. The van der Waals surface area contributed by atoms with Crippen LogP contribution in [0.4, 0.5) is 23.1 Å². The number of nitrogens with one attached hydrogen (secondary N) is 2. The van der Waals surface area contributed by atoms with Gasteiger partial charge in [-0.25, -0.2) is 4.98 Å². The number of alkyl halides is 3. The van der Waals surface area contributed by atoms with Gasteiger partial charge in [0.25, 0.3) is 0 Å². The van der Waals surface area contributed by atoms with Crippen LogP contribution in [0.25, 0.3) is 11.3 Å². The van der Waals surface area contributed by atoms with Gasteiger partial charge in [-0.05, 0) is 36.3 Å². The maximum Gasteiger partial charge on any atom is 0.416 e. The number of thiazole rings is 1. The molecule has 32 heavy (non-hydrogen) atoms. The second-order valence-electron chi connectivity index (χ2n) is 6.78. The predicted octanol–water partition coefficient (Wildman–Crippen LogP) is 5.46. The summed E-state index contributed by atoms with van der Waals surface area (Å²) in [6, 6.07) is 14.1. The Balaban J connectivity index is 1.71. The lowest BCUT2D eigenvalue weighted by atomic mass is 10.1. The molecule has 0 aliphatic carbocycles. The minimum atomic E-state index is -4.55. The highest BCUT2D eigenvalue weighted by Crippen LogP contribution is 2.29. The van der Waals surface area contributed by atoms with Crippen LogP contribution in [0.3, 0.4) is 0 Å². The predicted molar refractivity (Wildman–Crippen MR) is 126 cm³/mol. The molecule has 0 unspecified atom stereocenters. The van der Waals surface area contributed by atoms with Crippen LogP contribution in [0.5, 0.6) is 0 Å². The Hall–Kier alpha value is -2.63. The van der Waals surface area contributed by atoms with E-state index in [4.69, 9.17) is 0 Å². The summed E-state index contributed by atoms with van der Waals surface area (Å²) in [5.41, 5.74) is 0.260. The Morgan fingerprint density at radius 2 is 1.88 bits per heavy atom. The summed E-state index contributed by atoms with van der Waals surface area (Å²) in [5.74, 6) is -0.0477. The van der Waals surface area contributed by atoms with Crippen molar-refractivity contribution in [1.29, 1.82) is 0 Å². The Bertz CT molecular complexity index is 1080. The normalized spacial score (nSPS) is 12.2. The van der Waals surface area contributed by atoms with Crippen molar-refractivity contribution in [2.24, 2.45) is 0 Å². The van der Waals surface area contributed by atoms with Gasteiger partial charge in [-0.2, -0.15) is 24.9 Å². The van der Waals surface area contributed by atoms with E-state index in [2.05, 4.69) is 15.3 Å². The topological polar surface area (TPSA) is 71.1 Å².